The first-order valence-electron chi connectivity index (χ1n) is 4.75. The van der Waals surface area contributed by atoms with Gasteiger partial charge in [-0.15, -0.1) is 0 Å². The van der Waals surface area contributed by atoms with Crippen LogP contribution in [0.1, 0.15) is 46.5 Å². The lowest BCUT2D eigenvalue weighted by Crippen LogP contribution is -2.23. The van der Waals surface area contributed by atoms with E-state index in [-0.39, 0.29) is 0 Å². The fourth-order valence-corrected chi connectivity index (χ4v) is 2.27. The van der Waals surface area contributed by atoms with Crippen molar-refractivity contribution < 1.29 is 0 Å². The van der Waals surface area contributed by atoms with Crippen molar-refractivity contribution in [2.24, 2.45) is 17.8 Å². The minimum atomic E-state index is 0.985. The predicted octanol–water partition coefficient (Wildman–Crippen LogP) is 3.47. The molecule has 0 amide bonds. The molecule has 1 saturated carbocycles. The number of hydrogen-bond acceptors (Lipinski definition) is 0. The molecule has 10 heavy (non-hydrogen) atoms. The zero-order valence-corrected chi connectivity index (χ0v) is 7.56. The standard InChI is InChI=1S/C10H20/c1-4-10-7-5-6-8(2)9(10)3/h8-10H,4-7H2,1-3H3/t8?,9-,10?/m0/s1. The first-order chi connectivity index (χ1) is 4.75. The Morgan fingerprint density at radius 1 is 1.20 bits per heavy atom. The normalized spacial score (nSPS) is 41.7. The monoisotopic (exact) mass is 140 g/mol. The van der Waals surface area contributed by atoms with E-state index < -0.39 is 0 Å². The molecule has 0 heteroatoms. The number of hydrogen-bond donors (Lipinski definition) is 0. The zero-order valence-electron chi connectivity index (χ0n) is 7.56. The van der Waals surface area contributed by atoms with E-state index >= 15 is 0 Å². The Morgan fingerprint density at radius 3 is 2.40 bits per heavy atom. The van der Waals surface area contributed by atoms with Gasteiger partial charge in [-0.05, 0) is 17.8 Å². The molecule has 0 aromatic carbocycles. The molecule has 0 heterocycles. The molecule has 1 aliphatic rings. The maximum Gasteiger partial charge on any atom is -0.0389 e. The Kier molecular flexibility index (Phi) is 2.76. The summed E-state index contributed by atoms with van der Waals surface area (Å²) in [6, 6.07) is 0. The molecule has 0 radical (unpaired) electrons. The lowest BCUT2D eigenvalue weighted by atomic mass is 9.73. The summed E-state index contributed by atoms with van der Waals surface area (Å²) in [5.41, 5.74) is 0. The average Bonchev–Trinajstić information content (AvgIpc) is 1.95. The van der Waals surface area contributed by atoms with Gasteiger partial charge in [0, 0.05) is 0 Å². The Bertz CT molecular complexity index is 96.2. The Morgan fingerprint density at radius 2 is 1.90 bits per heavy atom. The van der Waals surface area contributed by atoms with Crippen LogP contribution in [0.25, 0.3) is 0 Å². The third kappa shape index (κ3) is 1.53. The molecule has 0 nitrogen and oxygen atoms in total. The summed E-state index contributed by atoms with van der Waals surface area (Å²) >= 11 is 0. The molecule has 0 aliphatic heterocycles. The Labute approximate surface area is 65.0 Å². The van der Waals surface area contributed by atoms with Crippen LogP contribution in [0.4, 0.5) is 0 Å². The van der Waals surface area contributed by atoms with Gasteiger partial charge in [0.05, 0.1) is 0 Å². The molecule has 0 bridgehead atoms. The highest BCUT2D eigenvalue weighted by Gasteiger charge is 2.24. The van der Waals surface area contributed by atoms with Crippen LogP contribution >= 0.6 is 0 Å². The van der Waals surface area contributed by atoms with Crippen molar-refractivity contribution in [3.8, 4) is 0 Å². The first kappa shape index (κ1) is 8.10. The summed E-state index contributed by atoms with van der Waals surface area (Å²) in [4.78, 5) is 0. The number of rotatable bonds is 1. The lowest BCUT2D eigenvalue weighted by molar-refractivity contribution is 0.178. The third-order valence-electron chi connectivity index (χ3n) is 3.40. The summed E-state index contributed by atoms with van der Waals surface area (Å²) in [7, 11) is 0. The molecule has 0 aromatic rings. The molecule has 2 unspecified atom stereocenters. The van der Waals surface area contributed by atoms with Crippen LogP contribution < -0.4 is 0 Å². The highest BCUT2D eigenvalue weighted by Crippen LogP contribution is 2.35. The van der Waals surface area contributed by atoms with E-state index in [2.05, 4.69) is 20.8 Å². The lowest BCUT2D eigenvalue weighted by Gasteiger charge is -2.33. The average molecular weight is 140 g/mol. The second-order valence-corrected chi connectivity index (χ2v) is 3.94. The smallest absolute Gasteiger partial charge is 0.0389 e. The third-order valence-corrected chi connectivity index (χ3v) is 3.40. The van der Waals surface area contributed by atoms with Crippen molar-refractivity contribution in [2.75, 3.05) is 0 Å². The molecule has 1 rings (SSSR count). The van der Waals surface area contributed by atoms with Gasteiger partial charge in [-0.25, -0.2) is 0 Å². The van der Waals surface area contributed by atoms with Gasteiger partial charge in [0.2, 0.25) is 0 Å². The maximum absolute atomic E-state index is 2.43. The van der Waals surface area contributed by atoms with Gasteiger partial charge in [-0.1, -0.05) is 46.5 Å². The molecule has 0 spiro atoms. The van der Waals surface area contributed by atoms with E-state index in [1.54, 1.807) is 0 Å². The molecule has 1 fully saturated rings. The summed E-state index contributed by atoms with van der Waals surface area (Å²) in [6.07, 6.45) is 5.83. The summed E-state index contributed by atoms with van der Waals surface area (Å²) in [5, 5.41) is 0. The van der Waals surface area contributed by atoms with Gasteiger partial charge >= 0.3 is 0 Å². The Hall–Kier alpha value is 0. The maximum atomic E-state index is 2.43. The van der Waals surface area contributed by atoms with Crippen LogP contribution in [0.2, 0.25) is 0 Å². The molecule has 0 saturated heterocycles. The molecule has 0 aromatic heterocycles. The largest absolute Gasteiger partial charge is 0.0651 e. The summed E-state index contributed by atoms with van der Waals surface area (Å²) < 4.78 is 0. The first-order valence-corrected chi connectivity index (χ1v) is 4.75. The van der Waals surface area contributed by atoms with Gasteiger partial charge in [0.25, 0.3) is 0 Å². The molecule has 60 valence electrons. The van der Waals surface area contributed by atoms with Crippen LogP contribution in [0, 0.1) is 17.8 Å². The van der Waals surface area contributed by atoms with Gasteiger partial charge < -0.3 is 0 Å². The quantitative estimate of drug-likeness (QED) is 0.523. The van der Waals surface area contributed by atoms with Gasteiger partial charge in [-0.2, -0.15) is 0 Å². The van der Waals surface area contributed by atoms with E-state index in [1.807, 2.05) is 0 Å². The van der Waals surface area contributed by atoms with Crippen molar-refractivity contribution >= 4 is 0 Å². The minimum Gasteiger partial charge on any atom is -0.0651 e. The fourth-order valence-electron chi connectivity index (χ4n) is 2.27. The van der Waals surface area contributed by atoms with E-state index in [0.717, 1.165) is 17.8 Å². The van der Waals surface area contributed by atoms with E-state index in [1.165, 1.54) is 25.7 Å². The van der Waals surface area contributed by atoms with Crippen molar-refractivity contribution in [2.45, 2.75) is 46.5 Å². The molecule has 0 N–H and O–H groups in total. The predicted molar refractivity (Wildman–Crippen MR) is 46.0 cm³/mol. The van der Waals surface area contributed by atoms with Gasteiger partial charge in [0.15, 0.2) is 0 Å². The van der Waals surface area contributed by atoms with Crippen LogP contribution in [-0.2, 0) is 0 Å². The van der Waals surface area contributed by atoms with Crippen molar-refractivity contribution in [1.29, 1.82) is 0 Å². The second kappa shape index (κ2) is 3.41. The van der Waals surface area contributed by atoms with Crippen LogP contribution in [0.5, 0.6) is 0 Å². The van der Waals surface area contributed by atoms with Crippen molar-refractivity contribution in [3.05, 3.63) is 0 Å². The van der Waals surface area contributed by atoms with Crippen molar-refractivity contribution in [3.63, 3.8) is 0 Å². The fraction of sp³-hybridized carbons (Fsp3) is 1.00. The zero-order chi connectivity index (χ0) is 7.56. The van der Waals surface area contributed by atoms with E-state index in [4.69, 9.17) is 0 Å². The second-order valence-electron chi connectivity index (χ2n) is 3.94. The molecular weight excluding hydrogens is 120 g/mol. The van der Waals surface area contributed by atoms with Gasteiger partial charge in [-0.3, -0.25) is 0 Å². The van der Waals surface area contributed by atoms with Crippen LogP contribution in [0.15, 0.2) is 0 Å². The summed E-state index contributed by atoms with van der Waals surface area (Å²) in [5.74, 6) is 3.00. The molecular formula is C10H20. The van der Waals surface area contributed by atoms with Gasteiger partial charge in [0.1, 0.15) is 0 Å². The minimum absolute atomic E-state index is 0.985. The van der Waals surface area contributed by atoms with Crippen molar-refractivity contribution in [1.82, 2.24) is 0 Å². The molecule has 1 aliphatic carbocycles. The Balaban J connectivity index is 2.42. The topological polar surface area (TPSA) is 0 Å². The summed E-state index contributed by atoms with van der Waals surface area (Å²) in [6.45, 7) is 7.17. The highest BCUT2D eigenvalue weighted by atomic mass is 14.3. The molecule has 3 atom stereocenters. The van der Waals surface area contributed by atoms with E-state index in [0.29, 0.717) is 0 Å². The highest BCUT2D eigenvalue weighted by molar-refractivity contribution is 4.75. The van der Waals surface area contributed by atoms with E-state index in [9.17, 15) is 0 Å². The van der Waals surface area contributed by atoms with Crippen LogP contribution in [-0.4, -0.2) is 0 Å². The van der Waals surface area contributed by atoms with Crippen LogP contribution in [0.3, 0.4) is 0 Å². The SMILES string of the molecule is CCC1CCCC(C)[C@@H]1C.